The van der Waals surface area contributed by atoms with E-state index in [0.29, 0.717) is 5.92 Å². The molecule has 0 spiro atoms. The molecule has 0 bridgehead atoms. The molecule has 1 aliphatic heterocycles. The van der Waals surface area contributed by atoms with E-state index in [9.17, 15) is 0 Å². The molecule has 0 amide bonds. The van der Waals surface area contributed by atoms with Crippen molar-refractivity contribution >= 4 is 23.1 Å². The molecule has 1 aromatic heterocycles. The number of hydrogen-bond acceptors (Lipinski definition) is 3. The molecule has 2 atom stereocenters. The summed E-state index contributed by atoms with van der Waals surface area (Å²) in [5.74, 6) is 3.31. The lowest BCUT2D eigenvalue weighted by atomic mass is 10.1. The Morgan fingerprint density at radius 1 is 1.64 bits per heavy atom. The maximum absolute atomic E-state index is 3.66. The zero-order valence-corrected chi connectivity index (χ0v) is 10.2. The van der Waals surface area contributed by atoms with Crippen molar-refractivity contribution in [1.29, 1.82) is 0 Å². The van der Waals surface area contributed by atoms with E-state index >= 15 is 0 Å². The van der Waals surface area contributed by atoms with Gasteiger partial charge in [-0.15, -0.1) is 11.3 Å². The topological polar surface area (TPSA) is 12.0 Å². The summed E-state index contributed by atoms with van der Waals surface area (Å²) in [7, 11) is 0. The molecule has 2 rings (SSSR count). The maximum atomic E-state index is 3.66. The van der Waals surface area contributed by atoms with Crippen LogP contribution < -0.4 is 5.32 Å². The van der Waals surface area contributed by atoms with Gasteiger partial charge in [0.1, 0.15) is 0 Å². The van der Waals surface area contributed by atoms with Gasteiger partial charge in [0.25, 0.3) is 0 Å². The van der Waals surface area contributed by atoms with Crippen LogP contribution in [0.1, 0.15) is 24.1 Å². The summed E-state index contributed by atoms with van der Waals surface area (Å²) in [4.78, 5) is 1.50. The normalized spacial score (nSPS) is 23.9. The van der Waals surface area contributed by atoms with Crippen molar-refractivity contribution in [3.05, 3.63) is 22.4 Å². The van der Waals surface area contributed by atoms with Gasteiger partial charge in [-0.25, -0.2) is 0 Å². The summed E-state index contributed by atoms with van der Waals surface area (Å²) in [6, 6.07) is 5.14. The van der Waals surface area contributed by atoms with Gasteiger partial charge in [0.15, 0.2) is 0 Å². The minimum Gasteiger partial charge on any atom is -0.313 e. The van der Waals surface area contributed by atoms with Crippen LogP contribution in [-0.2, 0) is 0 Å². The molecule has 1 aromatic rings. The Morgan fingerprint density at radius 3 is 3.21 bits per heavy atom. The lowest BCUT2D eigenvalue weighted by molar-refractivity contribution is 0.529. The fourth-order valence-electron chi connectivity index (χ4n) is 1.71. The van der Waals surface area contributed by atoms with Gasteiger partial charge in [-0.2, -0.15) is 11.8 Å². The lowest BCUT2D eigenvalue weighted by Crippen LogP contribution is -2.31. The fraction of sp³-hybridized carbons (Fsp3) is 0.636. The van der Waals surface area contributed by atoms with Crippen molar-refractivity contribution in [3.63, 3.8) is 0 Å². The lowest BCUT2D eigenvalue weighted by Gasteiger charge is -2.15. The highest BCUT2D eigenvalue weighted by Gasteiger charge is 2.16. The number of thiophene rings is 1. The van der Waals surface area contributed by atoms with E-state index in [0.717, 1.165) is 12.6 Å². The van der Waals surface area contributed by atoms with Gasteiger partial charge in [0, 0.05) is 29.1 Å². The third-order valence-electron chi connectivity index (χ3n) is 2.67. The molecule has 0 aliphatic carbocycles. The smallest absolute Gasteiger partial charge is 0.0166 e. The summed E-state index contributed by atoms with van der Waals surface area (Å²) >= 11 is 3.94. The van der Waals surface area contributed by atoms with Crippen LogP contribution in [0.5, 0.6) is 0 Å². The number of rotatable bonds is 4. The van der Waals surface area contributed by atoms with Gasteiger partial charge in [0.2, 0.25) is 0 Å². The number of nitrogens with one attached hydrogen (secondary N) is 1. The standard InChI is InChI=1S/C11H17NS2/c1-9(11-3-2-5-14-11)7-12-10-4-6-13-8-10/h2-3,5,9-10,12H,4,6-8H2,1H3. The first-order valence-corrected chi connectivity index (χ1v) is 7.24. The molecular weight excluding hydrogens is 210 g/mol. The van der Waals surface area contributed by atoms with Gasteiger partial charge >= 0.3 is 0 Å². The monoisotopic (exact) mass is 227 g/mol. The van der Waals surface area contributed by atoms with Crippen LogP contribution in [0.2, 0.25) is 0 Å². The SMILES string of the molecule is CC(CNC1CCSC1)c1cccs1. The molecule has 3 heteroatoms. The van der Waals surface area contributed by atoms with Gasteiger partial charge in [-0.3, -0.25) is 0 Å². The van der Waals surface area contributed by atoms with Crippen molar-refractivity contribution in [2.45, 2.75) is 25.3 Å². The third-order valence-corrected chi connectivity index (χ3v) is 4.94. The summed E-state index contributed by atoms with van der Waals surface area (Å²) in [5, 5.41) is 5.82. The van der Waals surface area contributed by atoms with E-state index in [1.807, 2.05) is 11.3 Å². The Morgan fingerprint density at radius 2 is 2.57 bits per heavy atom. The van der Waals surface area contributed by atoms with Gasteiger partial charge in [0.05, 0.1) is 0 Å². The van der Waals surface area contributed by atoms with Gasteiger partial charge < -0.3 is 5.32 Å². The highest BCUT2D eigenvalue weighted by molar-refractivity contribution is 7.99. The largest absolute Gasteiger partial charge is 0.313 e. The summed E-state index contributed by atoms with van der Waals surface area (Å²) in [5.41, 5.74) is 0. The highest BCUT2D eigenvalue weighted by Crippen LogP contribution is 2.21. The average molecular weight is 227 g/mol. The van der Waals surface area contributed by atoms with Crippen molar-refractivity contribution in [2.24, 2.45) is 0 Å². The molecule has 2 unspecified atom stereocenters. The van der Waals surface area contributed by atoms with Gasteiger partial charge in [-0.1, -0.05) is 13.0 Å². The number of hydrogen-bond donors (Lipinski definition) is 1. The molecule has 14 heavy (non-hydrogen) atoms. The van der Waals surface area contributed by atoms with Gasteiger partial charge in [-0.05, 0) is 23.6 Å². The van der Waals surface area contributed by atoms with Crippen molar-refractivity contribution in [3.8, 4) is 0 Å². The van der Waals surface area contributed by atoms with Crippen LogP contribution in [0.3, 0.4) is 0 Å². The third kappa shape index (κ3) is 2.75. The van der Waals surface area contributed by atoms with Crippen molar-refractivity contribution in [2.75, 3.05) is 18.1 Å². The van der Waals surface area contributed by atoms with Crippen molar-refractivity contribution in [1.82, 2.24) is 5.32 Å². The molecule has 1 nitrogen and oxygen atoms in total. The zero-order valence-electron chi connectivity index (χ0n) is 8.53. The quantitative estimate of drug-likeness (QED) is 0.849. The Bertz CT molecular complexity index is 252. The predicted molar refractivity (Wildman–Crippen MR) is 66.5 cm³/mol. The highest BCUT2D eigenvalue weighted by atomic mass is 32.2. The summed E-state index contributed by atoms with van der Waals surface area (Å²) in [6.07, 6.45) is 1.35. The second kappa shape index (κ2) is 5.19. The summed E-state index contributed by atoms with van der Waals surface area (Å²) < 4.78 is 0. The minimum absolute atomic E-state index is 0.667. The molecule has 0 saturated carbocycles. The van der Waals surface area contributed by atoms with E-state index in [4.69, 9.17) is 0 Å². The first-order chi connectivity index (χ1) is 6.86. The van der Waals surface area contributed by atoms with Crippen LogP contribution in [0.25, 0.3) is 0 Å². The van der Waals surface area contributed by atoms with E-state index in [-0.39, 0.29) is 0 Å². The second-order valence-corrected chi connectivity index (χ2v) is 6.01. The van der Waals surface area contributed by atoms with Crippen LogP contribution in [0, 0.1) is 0 Å². The fourth-order valence-corrected chi connectivity index (χ4v) is 3.69. The van der Waals surface area contributed by atoms with E-state index in [2.05, 4.69) is 41.5 Å². The first kappa shape index (κ1) is 10.5. The first-order valence-electron chi connectivity index (χ1n) is 5.21. The molecule has 1 aliphatic rings. The summed E-state index contributed by atoms with van der Waals surface area (Å²) in [6.45, 7) is 3.44. The zero-order chi connectivity index (χ0) is 9.80. The molecule has 1 saturated heterocycles. The van der Waals surface area contributed by atoms with Crippen LogP contribution in [0.15, 0.2) is 17.5 Å². The van der Waals surface area contributed by atoms with Crippen molar-refractivity contribution < 1.29 is 0 Å². The Hall–Kier alpha value is 0.01000. The predicted octanol–water partition coefficient (Wildman–Crippen LogP) is 2.95. The molecule has 0 radical (unpaired) electrons. The molecule has 0 aromatic carbocycles. The maximum Gasteiger partial charge on any atom is 0.0166 e. The Balaban J connectivity index is 1.74. The van der Waals surface area contributed by atoms with E-state index in [1.54, 1.807) is 0 Å². The van der Waals surface area contributed by atoms with Crippen LogP contribution in [-0.4, -0.2) is 24.1 Å². The Kier molecular flexibility index (Phi) is 3.90. The van der Waals surface area contributed by atoms with E-state index < -0.39 is 0 Å². The molecule has 1 fully saturated rings. The Labute approximate surface area is 94.3 Å². The number of thioether (sulfide) groups is 1. The molecule has 2 heterocycles. The second-order valence-electron chi connectivity index (χ2n) is 3.89. The van der Waals surface area contributed by atoms with E-state index in [1.165, 1.54) is 22.8 Å². The average Bonchev–Trinajstić information content (AvgIpc) is 2.87. The minimum atomic E-state index is 0.667. The van der Waals surface area contributed by atoms with Crippen LogP contribution >= 0.6 is 23.1 Å². The molecule has 1 N–H and O–H groups in total. The molecular formula is C11H17NS2. The molecule has 78 valence electrons. The van der Waals surface area contributed by atoms with Crippen LogP contribution in [0.4, 0.5) is 0 Å².